The molecule has 2 aromatic heterocycles. The zero-order chi connectivity index (χ0) is 17.7. The highest BCUT2D eigenvalue weighted by Gasteiger charge is 2.36. The fourth-order valence-electron chi connectivity index (χ4n) is 4.29. The van der Waals surface area contributed by atoms with E-state index in [4.69, 9.17) is 4.74 Å². The van der Waals surface area contributed by atoms with Crippen molar-refractivity contribution in [1.29, 1.82) is 0 Å². The molecule has 1 atom stereocenters. The quantitative estimate of drug-likeness (QED) is 0.853. The van der Waals surface area contributed by atoms with E-state index in [1.165, 1.54) is 21.0 Å². The second-order valence-electron chi connectivity index (χ2n) is 7.16. The van der Waals surface area contributed by atoms with Gasteiger partial charge in [0.25, 0.3) is 0 Å². The number of aryl methyl sites for hydroxylation is 1. The zero-order valence-corrected chi connectivity index (χ0v) is 15.8. The Balaban J connectivity index is 1.45. The van der Waals surface area contributed by atoms with E-state index < -0.39 is 0 Å². The van der Waals surface area contributed by atoms with Crippen LogP contribution in [0.2, 0.25) is 0 Å². The van der Waals surface area contributed by atoms with Gasteiger partial charge in [-0.05, 0) is 18.4 Å². The van der Waals surface area contributed by atoms with E-state index in [0.29, 0.717) is 19.1 Å². The second-order valence-corrected chi connectivity index (χ2v) is 8.24. The third-order valence-corrected chi connectivity index (χ3v) is 6.92. The van der Waals surface area contributed by atoms with Crippen LogP contribution < -0.4 is 5.32 Å². The summed E-state index contributed by atoms with van der Waals surface area (Å²) in [5, 5.41) is 13.5. The van der Waals surface area contributed by atoms with Gasteiger partial charge >= 0.3 is 0 Å². The summed E-state index contributed by atoms with van der Waals surface area (Å²) in [6, 6.07) is 0. The molecule has 7 nitrogen and oxygen atoms in total. The van der Waals surface area contributed by atoms with E-state index in [9.17, 15) is 4.79 Å². The highest BCUT2D eigenvalue weighted by molar-refractivity contribution is 7.15. The summed E-state index contributed by atoms with van der Waals surface area (Å²) < 4.78 is 7.61. The van der Waals surface area contributed by atoms with Crippen LogP contribution in [0.5, 0.6) is 0 Å². The number of amides is 1. The first-order valence-electron chi connectivity index (χ1n) is 9.40. The summed E-state index contributed by atoms with van der Waals surface area (Å²) in [6.45, 7) is 6.48. The number of nitrogens with zero attached hydrogens (tertiary/aromatic N) is 4. The lowest BCUT2D eigenvalue weighted by atomic mass is 10.0. The number of carbonyl (C=O) groups is 1. The molecule has 26 heavy (non-hydrogen) atoms. The van der Waals surface area contributed by atoms with Gasteiger partial charge in [-0.1, -0.05) is 6.92 Å². The lowest BCUT2D eigenvalue weighted by Gasteiger charge is -2.29. The van der Waals surface area contributed by atoms with E-state index in [1.807, 2.05) is 16.2 Å². The van der Waals surface area contributed by atoms with Gasteiger partial charge in [-0.2, -0.15) is 0 Å². The van der Waals surface area contributed by atoms with Crippen LogP contribution in [0, 0.1) is 5.92 Å². The lowest BCUT2D eigenvalue weighted by Crippen LogP contribution is -2.44. The topological polar surface area (TPSA) is 72.3 Å². The van der Waals surface area contributed by atoms with Gasteiger partial charge in [-0.15, -0.1) is 21.5 Å². The molecular formula is C18H23N5O2S. The number of fused-ring (bicyclic) bond motifs is 5. The summed E-state index contributed by atoms with van der Waals surface area (Å²) >= 11 is 1.83. The van der Waals surface area contributed by atoms with Gasteiger partial charge in [0.15, 0.2) is 5.82 Å². The number of thiophene rings is 1. The molecule has 5 rings (SSSR count). The van der Waals surface area contributed by atoms with Crippen LogP contribution in [0.15, 0.2) is 0 Å². The average molecular weight is 373 g/mol. The summed E-state index contributed by atoms with van der Waals surface area (Å²) in [7, 11) is 0. The standard InChI is InChI=1S/C18H23N5O2S/c1-2-15-20-21-16-10-19-9-13-12-7-11(8-14(12)26-18(13)23(15)16)17(24)22-3-5-25-6-4-22/h11,19H,2-10H2,1H3/t11-/m1/s1. The molecule has 0 aromatic carbocycles. The normalized spacial score (nSPS) is 21.9. The molecule has 1 amide bonds. The van der Waals surface area contributed by atoms with E-state index in [-0.39, 0.29) is 5.92 Å². The molecular weight excluding hydrogens is 350 g/mol. The smallest absolute Gasteiger partial charge is 0.226 e. The van der Waals surface area contributed by atoms with Gasteiger partial charge in [0.1, 0.15) is 10.8 Å². The number of aromatic nitrogens is 3. The van der Waals surface area contributed by atoms with Gasteiger partial charge in [0, 0.05) is 42.4 Å². The number of hydrogen-bond donors (Lipinski definition) is 1. The van der Waals surface area contributed by atoms with Crippen LogP contribution in [-0.2, 0) is 41.9 Å². The molecule has 4 heterocycles. The summed E-state index contributed by atoms with van der Waals surface area (Å²) in [5.41, 5.74) is 2.73. The number of rotatable bonds is 2. The molecule has 0 spiro atoms. The maximum Gasteiger partial charge on any atom is 0.226 e. The van der Waals surface area contributed by atoms with Gasteiger partial charge in [0.05, 0.1) is 19.8 Å². The monoisotopic (exact) mass is 373 g/mol. The van der Waals surface area contributed by atoms with Crippen LogP contribution >= 0.6 is 11.3 Å². The van der Waals surface area contributed by atoms with Crippen molar-refractivity contribution in [3.63, 3.8) is 0 Å². The highest BCUT2D eigenvalue weighted by atomic mass is 32.1. The lowest BCUT2D eigenvalue weighted by molar-refractivity contribution is -0.139. The van der Waals surface area contributed by atoms with Crippen molar-refractivity contribution in [2.75, 3.05) is 26.3 Å². The molecule has 8 heteroatoms. The molecule has 1 saturated heterocycles. The molecule has 0 unspecified atom stereocenters. The Bertz CT molecular complexity index is 852. The van der Waals surface area contributed by atoms with E-state index >= 15 is 0 Å². The summed E-state index contributed by atoms with van der Waals surface area (Å²) in [6.07, 6.45) is 2.59. The van der Waals surface area contributed by atoms with Gasteiger partial charge in [-0.3, -0.25) is 9.36 Å². The Labute approximate surface area is 156 Å². The first-order chi connectivity index (χ1) is 12.8. The fraction of sp³-hybridized carbons (Fsp3) is 0.611. The number of nitrogens with one attached hydrogen (secondary N) is 1. The Hall–Kier alpha value is -1.77. The molecule has 2 aliphatic heterocycles. The average Bonchev–Trinajstić information content (AvgIpc) is 3.32. The summed E-state index contributed by atoms with van der Waals surface area (Å²) in [4.78, 5) is 16.2. The molecule has 2 aromatic rings. The van der Waals surface area contributed by atoms with Crippen molar-refractivity contribution in [1.82, 2.24) is 25.0 Å². The van der Waals surface area contributed by atoms with Crippen LogP contribution in [0.25, 0.3) is 5.00 Å². The van der Waals surface area contributed by atoms with Gasteiger partial charge < -0.3 is 15.0 Å². The Morgan fingerprint density at radius 1 is 1.23 bits per heavy atom. The number of carbonyl (C=O) groups excluding carboxylic acids is 1. The number of hydrogen-bond acceptors (Lipinski definition) is 6. The number of ether oxygens (including phenoxy) is 1. The first-order valence-corrected chi connectivity index (χ1v) is 10.2. The maximum atomic E-state index is 12.9. The SMILES string of the molecule is CCc1nnc2n1-c1sc3c(c1CNC2)C[C@@H](C(=O)N1CCOCC1)C3. The van der Waals surface area contributed by atoms with Crippen LogP contribution in [0.3, 0.4) is 0 Å². The molecule has 0 radical (unpaired) electrons. The van der Waals surface area contributed by atoms with Crippen molar-refractivity contribution in [3.05, 3.63) is 27.7 Å². The van der Waals surface area contributed by atoms with E-state index in [2.05, 4.69) is 27.0 Å². The van der Waals surface area contributed by atoms with Crippen molar-refractivity contribution in [2.45, 2.75) is 39.3 Å². The molecule has 0 bridgehead atoms. The third-order valence-electron chi connectivity index (χ3n) is 5.63. The van der Waals surface area contributed by atoms with Crippen molar-refractivity contribution in [3.8, 4) is 5.00 Å². The van der Waals surface area contributed by atoms with Crippen molar-refractivity contribution >= 4 is 17.2 Å². The summed E-state index contributed by atoms with van der Waals surface area (Å²) in [5.74, 6) is 2.40. The van der Waals surface area contributed by atoms with Crippen molar-refractivity contribution in [2.24, 2.45) is 5.92 Å². The second kappa shape index (κ2) is 6.44. The Kier molecular flexibility index (Phi) is 4.06. The molecule has 1 fully saturated rings. The van der Waals surface area contributed by atoms with Crippen LogP contribution in [0.4, 0.5) is 0 Å². The van der Waals surface area contributed by atoms with Crippen LogP contribution in [-0.4, -0.2) is 51.9 Å². The van der Waals surface area contributed by atoms with Crippen molar-refractivity contribution < 1.29 is 9.53 Å². The minimum atomic E-state index is 0.0916. The minimum absolute atomic E-state index is 0.0916. The minimum Gasteiger partial charge on any atom is -0.378 e. The van der Waals surface area contributed by atoms with Gasteiger partial charge in [-0.25, -0.2) is 0 Å². The first kappa shape index (κ1) is 16.4. The third kappa shape index (κ3) is 2.51. The highest BCUT2D eigenvalue weighted by Crippen LogP contribution is 2.42. The van der Waals surface area contributed by atoms with Crippen LogP contribution in [0.1, 0.15) is 34.6 Å². The molecule has 3 aliphatic rings. The molecule has 1 N–H and O–H groups in total. The van der Waals surface area contributed by atoms with E-state index in [1.54, 1.807) is 0 Å². The molecule has 1 aliphatic carbocycles. The maximum absolute atomic E-state index is 12.9. The van der Waals surface area contributed by atoms with E-state index in [0.717, 1.165) is 57.1 Å². The Morgan fingerprint density at radius 3 is 2.88 bits per heavy atom. The Morgan fingerprint density at radius 2 is 2.08 bits per heavy atom. The predicted octanol–water partition coefficient (Wildman–Crippen LogP) is 1.07. The number of morpholine rings is 1. The van der Waals surface area contributed by atoms with Gasteiger partial charge in [0.2, 0.25) is 5.91 Å². The zero-order valence-electron chi connectivity index (χ0n) is 15.0. The predicted molar refractivity (Wildman–Crippen MR) is 97.5 cm³/mol. The molecule has 138 valence electrons. The fourth-order valence-corrected chi connectivity index (χ4v) is 5.76. The largest absolute Gasteiger partial charge is 0.378 e. The molecule has 0 saturated carbocycles.